The molecule has 3 N–H and O–H groups in total. The fourth-order valence-electron chi connectivity index (χ4n) is 0.769. The first-order valence-corrected chi connectivity index (χ1v) is 3.91. The predicted octanol–water partition coefficient (Wildman–Crippen LogP) is 0.107. The van der Waals surface area contributed by atoms with Crippen molar-refractivity contribution in [3.8, 4) is 0 Å². The van der Waals surface area contributed by atoms with Crippen molar-refractivity contribution < 1.29 is 15.2 Å². The molecule has 0 saturated carbocycles. The molecule has 0 aliphatic heterocycles. The van der Waals surface area contributed by atoms with Gasteiger partial charge in [0.2, 0.25) is 0 Å². The van der Waals surface area contributed by atoms with Gasteiger partial charge >= 0.3 is 7.12 Å². The van der Waals surface area contributed by atoms with Crippen molar-refractivity contribution in [2.75, 3.05) is 6.61 Å². The fourth-order valence-corrected chi connectivity index (χ4v) is 0.769. The number of aliphatic hydroxyl groups is 1. The van der Waals surface area contributed by atoms with Crippen LogP contribution in [0, 0.1) is 0 Å². The highest BCUT2D eigenvalue weighted by Gasteiger charge is 1.96. The van der Waals surface area contributed by atoms with E-state index in [1.807, 2.05) is 0 Å². The van der Waals surface area contributed by atoms with Crippen molar-refractivity contribution in [2.45, 2.75) is 25.7 Å². The van der Waals surface area contributed by atoms with Crippen molar-refractivity contribution in [3.63, 3.8) is 0 Å². The van der Waals surface area contributed by atoms with Crippen LogP contribution in [-0.2, 0) is 0 Å². The van der Waals surface area contributed by atoms with Crippen LogP contribution in [0.3, 0.4) is 0 Å². The Balaban J connectivity index is 3.01. The van der Waals surface area contributed by atoms with Crippen LogP contribution in [0.2, 0.25) is 0 Å². The molecular formula is C7H15BO3. The van der Waals surface area contributed by atoms with Crippen LogP contribution in [-0.4, -0.2) is 28.9 Å². The van der Waals surface area contributed by atoms with Crippen LogP contribution in [0.1, 0.15) is 25.7 Å². The molecule has 0 rings (SSSR count). The first kappa shape index (κ1) is 10.7. The lowest BCUT2D eigenvalue weighted by molar-refractivity contribution is 0.283. The summed E-state index contributed by atoms with van der Waals surface area (Å²) in [5.74, 6) is 1.35. The zero-order chi connectivity index (χ0) is 8.53. The van der Waals surface area contributed by atoms with E-state index in [2.05, 4.69) is 0 Å². The summed E-state index contributed by atoms with van der Waals surface area (Å²) in [6.07, 6.45) is 5.39. The van der Waals surface area contributed by atoms with E-state index in [-0.39, 0.29) is 6.61 Å². The van der Waals surface area contributed by atoms with Gasteiger partial charge < -0.3 is 15.2 Å². The summed E-state index contributed by atoms with van der Waals surface area (Å²) in [4.78, 5) is 0. The highest BCUT2D eigenvalue weighted by atomic mass is 16.4. The standard InChI is InChI=1S/C7H15BO3/c9-7-5-3-1-2-4-6-8(10)11/h4,6,9-11H,1-3,5,7H2/b6-4+. The van der Waals surface area contributed by atoms with Crippen LogP contribution in [0.5, 0.6) is 0 Å². The summed E-state index contributed by atoms with van der Waals surface area (Å²) in [7, 11) is -1.33. The highest BCUT2D eigenvalue weighted by Crippen LogP contribution is 1.99. The summed E-state index contributed by atoms with van der Waals surface area (Å²) in [6.45, 7) is 0.242. The van der Waals surface area contributed by atoms with Gasteiger partial charge in [-0.15, -0.1) is 0 Å². The van der Waals surface area contributed by atoms with E-state index < -0.39 is 7.12 Å². The molecule has 0 aromatic heterocycles. The van der Waals surface area contributed by atoms with E-state index in [1.54, 1.807) is 6.08 Å². The largest absolute Gasteiger partial charge is 0.480 e. The lowest BCUT2D eigenvalue weighted by Crippen LogP contribution is -2.05. The van der Waals surface area contributed by atoms with Crippen LogP contribution >= 0.6 is 0 Å². The molecule has 0 aromatic rings. The van der Waals surface area contributed by atoms with E-state index in [9.17, 15) is 0 Å². The summed E-state index contributed by atoms with van der Waals surface area (Å²) in [6, 6.07) is 0. The summed E-state index contributed by atoms with van der Waals surface area (Å²) in [5.41, 5.74) is 0. The van der Waals surface area contributed by atoms with Crippen molar-refractivity contribution in [1.82, 2.24) is 0 Å². The molecule has 64 valence electrons. The molecule has 3 nitrogen and oxygen atoms in total. The fraction of sp³-hybridized carbons (Fsp3) is 0.714. The Morgan fingerprint density at radius 1 is 1.09 bits per heavy atom. The molecule has 11 heavy (non-hydrogen) atoms. The minimum Gasteiger partial charge on any atom is -0.424 e. The SMILES string of the molecule is OCCCCC/C=C/B(O)O. The van der Waals surface area contributed by atoms with E-state index in [0.717, 1.165) is 25.7 Å². The average molecular weight is 158 g/mol. The molecule has 0 radical (unpaired) electrons. The molecule has 0 aliphatic carbocycles. The Morgan fingerprint density at radius 3 is 2.36 bits per heavy atom. The van der Waals surface area contributed by atoms with Gasteiger partial charge in [0.05, 0.1) is 0 Å². The number of unbranched alkanes of at least 4 members (excludes halogenated alkanes) is 3. The quantitative estimate of drug-likeness (QED) is 0.379. The number of hydrogen-bond donors (Lipinski definition) is 3. The molecule has 0 aromatic carbocycles. The van der Waals surface area contributed by atoms with Crippen LogP contribution in [0.4, 0.5) is 0 Å². The van der Waals surface area contributed by atoms with E-state index in [4.69, 9.17) is 15.2 Å². The number of hydrogen-bond acceptors (Lipinski definition) is 3. The van der Waals surface area contributed by atoms with Crippen molar-refractivity contribution in [3.05, 3.63) is 12.1 Å². The molecule has 4 heteroatoms. The molecule has 0 heterocycles. The maximum Gasteiger partial charge on any atom is 0.480 e. The molecular weight excluding hydrogens is 143 g/mol. The topological polar surface area (TPSA) is 60.7 Å². The first-order valence-electron chi connectivity index (χ1n) is 3.91. The lowest BCUT2D eigenvalue weighted by Gasteiger charge is -1.93. The highest BCUT2D eigenvalue weighted by molar-refractivity contribution is 6.47. The van der Waals surface area contributed by atoms with Gasteiger partial charge in [0, 0.05) is 6.61 Å². The van der Waals surface area contributed by atoms with Gasteiger partial charge in [0.25, 0.3) is 0 Å². The van der Waals surface area contributed by atoms with Gasteiger partial charge in [0.15, 0.2) is 0 Å². The number of aliphatic hydroxyl groups excluding tert-OH is 1. The second kappa shape index (κ2) is 7.79. The average Bonchev–Trinajstić information content (AvgIpc) is 1.96. The molecule has 0 atom stereocenters. The van der Waals surface area contributed by atoms with Gasteiger partial charge in [0.1, 0.15) is 0 Å². The van der Waals surface area contributed by atoms with Gasteiger partial charge in [-0.05, 0) is 19.3 Å². The predicted molar refractivity (Wildman–Crippen MR) is 44.9 cm³/mol. The molecule has 0 amide bonds. The Kier molecular flexibility index (Phi) is 7.57. The van der Waals surface area contributed by atoms with E-state index >= 15 is 0 Å². The summed E-state index contributed by atoms with van der Waals surface area (Å²) < 4.78 is 0. The van der Waals surface area contributed by atoms with Crippen molar-refractivity contribution >= 4 is 7.12 Å². The third kappa shape index (κ3) is 9.68. The Labute approximate surface area is 67.5 Å². The maximum absolute atomic E-state index is 8.41. The second-order valence-electron chi connectivity index (χ2n) is 2.41. The van der Waals surface area contributed by atoms with Gasteiger partial charge in [-0.3, -0.25) is 0 Å². The van der Waals surface area contributed by atoms with Gasteiger partial charge in [-0.2, -0.15) is 0 Å². The Hall–Kier alpha value is -0.315. The van der Waals surface area contributed by atoms with Crippen molar-refractivity contribution in [1.29, 1.82) is 0 Å². The van der Waals surface area contributed by atoms with Crippen LogP contribution in [0.25, 0.3) is 0 Å². The molecule has 0 unspecified atom stereocenters. The molecule has 0 bridgehead atoms. The van der Waals surface area contributed by atoms with Gasteiger partial charge in [-0.1, -0.05) is 18.5 Å². The van der Waals surface area contributed by atoms with Crippen LogP contribution < -0.4 is 0 Å². The number of allylic oxidation sites excluding steroid dienone is 1. The minimum absolute atomic E-state index is 0.242. The molecule has 0 spiro atoms. The smallest absolute Gasteiger partial charge is 0.424 e. The summed E-state index contributed by atoms with van der Waals surface area (Å²) in [5, 5.41) is 25.2. The normalized spacial score (nSPS) is 10.8. The second-order valence-corrected chi connectivity index (χ2v) is 2.41. The minimum atomic E-state index is -1.33. The third-order valence-corrected chi connectivity index (χ3v) is 1.34. The van der Waals surface area contributed by atoms with Gasteiger partial charge in [-0.25, -0.2) is 0 Å². The van der Waals surface area contributed by atoms with E-state index in [0.29, 0.717) is 0 Å². The Morgan fingerprint density at radius 2 is 1.82 bits per heavy atom. The van der Waals surface area contributed by atoms with E-state index in [1.165, 1.54) is 5.98 Å². The van der Waals surface area contributed by atoms with Crippen molar-refractivity contribution in [2.24, 2.45) is 0 Å². The molecule has 0 aliphatic rings. The maximum atomic E-state index is 8.41. The monoisotopic (exact) mass is 158 g/mol. The zero-order valence-corrected chi connectivity index (χ0v) is 6.61. The lowest BCUT2D eigenvalue weighted by atomic mass is 9.91. The zero-order valence-electron chi connectivity index (χ0n) is 6.61. The molecule has 0 saturated heterocycles. The summed E-state index contributed by atoms with van der Waals surface area (Å²) >= 11 is 0. The third-order valence-electron chi connectivity index (χ3n) is 1.34. The Bertz CT molecular complexity index is 104. The molecule has 0 fully saturated rings. The number of rotatable bonds is 6. The first-order chi connectivity index (χ1) is 5.27. The van der Waals surface area contributed by atoms with Crippen LogP contribution in [0.15, 0.2) is 12.1 Å².